The monoisotopic (exact) mass is 361 g/mol. The summed E-state index contributed by atoms with van der Waals surface area (Å²) in [4.78, 5) is 24.0. The number of hydrogen-bond donors (Lipinski definition) is 2. The zero-order valence-electron chi connectivity index (χ0n) is 14.2. The van der Waals surface area contributed by atoms with Crippen molar-refractivity contribution in [3.05, 3.63) is 71.5 Å². The molecule has 0 aliphatic carbocycles. The molecule has 9 nitrogen and oxygen atoms in total. The van der Waals surface area contributed by atoms with E-state index in [4.69, 9.17) is 5.26 Å². The lowest BCUT2D eigenvalue weighted by atomic mass is 10.1. The minimum Gasteiger partial charge on any atom is -0.273 e. The van der Waals surface area contributed by atoms with Crippen LogP contribution in [-0.2, 0) is 11.2 Å². The number of nitrogens with zero attached hydrogens (tertiary/aromatic N) is 5. The first kappa shape index (κ1) is 17.8. The summed E-state index contributed by atoms with van der Waals surface area (Å²) in [6.45, 7) is 0. The minimum absolute atomic E-state index is 0.213. The first-order valence-corrected chi connectivity index (χ1v) is 8.07. The summed E-state index contributed by atoms with van der Waals surface area (Å²) in [6.07, 6.45) is 2.17. The molecule has 1 aromatic heterocycles. The molecule has 134 valence electrons. The van der Waals surface area contributed by atoms with E-state index in [-0.39, 0.29) is 12.3 Å². The van der Waals surface area contributed by atoms with Gasteiger partial charge in [-0.05, 0) is 58.8 Å². The Labute approximate surface area is 154 Å². The van der Waals surface area contributed by atoms with Gasteiger partial charge in [0.05, 0.1) is 17.3 Å². The van der Waals surface area contributed by atoms with Crippen LogP contribution in [0, 0.1) is 11.3 Å². The van der Waals surface area contributed by atoms with Crippen molar-refractivity contribution in [2.75, 3.05) is 0 Å². The Hall–Kier alpha value is -4.06. The summed E-state index contributed by atoms with van der Waals surface area (Å²) in [5, 5.41) is 19.6. The van der Waals surface area contributed by atoms with Gasteiger partial charge in [0, 0.05) is 12.0 Å². The van der Waals surface area contributed by atoms with Gasteiger partial charge in [-0.25, -0.2) is 4.68 Å². The number of hydrogen-bond acceptors (Lipinski definition) is 6. The maximum Gasteiger partial charge on any atom is 0.269 e. The summed E-state index contributed by atoms with van der Waals surface area (Å²) in [5.74, 6) is -0.733. The fourth-order valence-electron chi connectivity index (χ4n) is 2.31. The van der Waals surface area contributed by atoms with Crippen LogP contribution in [-0.4, -0.2) is 32.0 Å². The molecule has 1 heterocycles. The first-order chi connectivity index (χ1) is 13.2. The molecule has 0 saturated heterocycles. The van der Waals surface area contributed by atoms with Crippen molar-refractivity contribution < 1.29 is 9.59 Å². The van der Waals surface area contributed by atoms with Gasteiger partial charge in [0.25, 0.3) is 5.91 Å². The summed E-state index contributed by atoms with van der Waals surface area (Å²) in [7, 11) is 0. The molecule has 2 aromatic carbocycles. The van der Waals surface area contributed by atoms with Crippen molar-refractivity contribution in [2.45, 2.75) is 12.8 Å². The molecule has 2 amide bonds. The number of hydrazine groups is 1. The highest BCUT2D eigenvalue weighted by atomic mass is 16.2. The quantitative estimate of drug-likeness (QED) is 0.651. The number of carbonyl (C=O) groups excluding carboxylic acids is 2. The molecule has 0 bridgehead atoms. The van der Waals surface area contributed by atoms with Crippen LogP contribution in [0.5, 0.6) is 0 Å². The second kappa shape index (κ2) is 8.35. The Kier molecular flexibility index (Phi) is 5.49. The van der Waals surface area contributed by atoms with Crippen molar-refractivity contribution in [3.8, 4) is 11.8 Å². The zero-order valence-corrected chi connectivity index (χ0v) is 14.2. The van der Waals surface area contributed by atoms with E-state index in [1.54, 1.807) is 48.5 Å². The molecule has 3 aromatic rings. The van der Waals surface area contributed by atoms with Crippen molar-refractivity contribution in [3.63, 3.8) is 0 Å². The highest BCUT2D eigenvalue weighted by molar-refractivity contribution is 5.95. The SMILES string of the molecule is N#Cc1ccc(CCC(=O)NNC(=O)c2ccc(-n3cnnn3)cc2)cc1. The first-order valence-electron chi connectivity index (χ1n) is 8.07. The third-order valence-corrected chi connectivity index (χ3v) is 3.78. The van der Waals surface area contributed by atoms with Crippen LogP contribution in [0.4, 0.5) is 0 Å². The predicted octanol–water partition coefficient (Wildman–Crippen LogP) is 0.928. The molecule has 0 fully saturated rings. The summed E-state index contributed by atoms with van der Waals surface area (Å²) in [6, 6.07) is 15.6. The molecule has 2 N–H and O–H groups in total. The zero-order chi connectivity index (χ0) is 19.1. The largest absolute Gasteiger partial charge is 0.273 e. The van der Waals surface area contributed by atoms with E-state index in [0.717, 1.165) is 5.56 Å². The average molecular weight is 361 g/mol. The average Bonchev–Trinajstić information content (AvgIpc) is 3.26. The normalized spacial score (nSPS) is 10.0. The molecule has 0 aliphatic heterocycles. The second-order valence-electron chi connectivity index (χ2n) is 5.61. The van der Waals surface area contributed by atoms with E-state index < -0.39 is 5.91 Å². The van der Waals surface area contributed by atoms with Gasteiger partial charge >= 0.3 is 0 Å². The molecular formula is C18H15N7O2. The Morgan fingerprint density at radius 3 is 2.41 bits per heavy atom. The van der Waals surface area contributed by atoms with Gasteiger partial charge in [-0.15, -0.1) is 5.10 Å². The van der Waals surface area contributed by atoms with E-state index in [1.807, 2.05) is 6.07 Å². The van der Waals surface area contributed by atoms with Crippen LogP contribution in [0.3, 0.4) is 0 Å². The molecule has 0 spiro atoms. The number of nitriles is 1. The van der Waals surface area contributed by atoms with Crippen molar-refractivity contribution in [1.82, 2.24) is 31.1 Å². The number of carbonyl (C=O) groups is 2. The Morgan fingerprint density at radius 1 is 1.04 bits per heavy atom. The van der Waals surface area contributed by atoms with Gasteiger partial charge in [-0.1, -0.05) is 12.1 Å². The maximum atomic E-state index is 12.1. The van der Waals surface area contributed by atoms with E-state index in [9.17, 15) is 9.59 Å². The van der Waals surface area contributed by atoms with Crippen molar-refractivity contribution in [1.29, 1.82) is 5.26 Å². The van der Waals surface area contributed by atoms with Gasteiger partial charge in [-0.3, -0.25) is 20.4 Å². The number of aromatic nitrogens is 4. The topological polar surface area (TPSA) is 126 Å². The van der Waals surface area contributed by atoms with E-state index in [0.29, 0.717) is 23.2 Å². The minimum atomic E-state index is -0.426. The van der Waals surface area contributed by atoms with Gasteiger partial charge in [0.15, 0.2) is 0 Å². The van der Waals surface area contributed by atoms with Crippen LogP contribution in [0.2, 0.25) is 0 Å². The van der Waals surface area contributed by atoms with Crippen molar-refractivity contribution in [2.24, 2.45) is 0 Å². The predicted molar refractivity (Wildman–Crippen MR) is 94.2 cm³/mol. The summed E-state index contributed by atoms with van der Waals surface area (Å²) in [5.41, 5.74) is 7.38. The number of nitrogens with one attached hydrogen (secondary N) is 2. The lowest BCUT2D eigenvalue weighted by Gasteiger charge is -2.08. The van der Waals surface area contributed by atoms with Crippen LogP contribution in [0.1, 0.15) is 27.9 Å². The van der Waals surface area contributed by atoms with Gasteiger partial charge in [-0.2, -0.15) is 5.26 Å². The van der Waals surface area contributed by atoms with Gasteiger partial charge in [0.1, 0.15) is 6.33 Å². The van der Waals surface area contributed by atoms with E-state index in [1.165, 1.54) is 11.0 Å². The Morgan fingerprint density at radius 2 is 1.78 bits per heavy atom. The summed E-state index contributed by atoms with van der Waals surface area (Å²) >= 11 is 0. The molecular weight excluding hydrogens is 346 g/mol. The lowest BCUT2D eigenvalue weighted by molar-refractivity contribution is -0.121. The Bertz CT molecular complexity index is 958. The van der Waals surface area contributed by atoms with E-state index in [2.05, 4.69) is 26.4 Å². The lowest BCUT2D eigenvalue weighted by Crippen LogP contribution is -2.41. The molecule has 27 heavy (non-hydrogen) atoms. The standard InChI is InChI=1S/C18H15N7O2/c19-11-14-3-1-13(2-4-14)5-10-17(26)21-22-18(27)15-6-8-16(9-7-15)25-12-20-23-24-25/h1-4,6-9,12H,5,10H2,(H,21,26)(H,22,27). The number of tetrazole rings is 1. The molecule has 0 aliphatic rings. The smallest absolute Gasteiger partial charge is 0.269 e. The highest BCUT2D eigenvalue weighted by Gasteiger charge is 2.08. The number of rotatable bonds is 5. The third kappa shape index (κ3) is 4.73. The second-order valence-corrected chi connectivity index (χ2v) is 5.61. The van der Waals surface area contributed by atoms with E-state index >= 15 is 0 Å². The van der Waals surface area contributed by atoms with Crippen LogP contribution < -0.4 is 10.9 Å². The van der Waals surface area contributed by atoms with Gasteiger partial charge in [0.2, 0.25) is 5.91 Å². The van der Waals surface area contributed by atoms with Crippen LogP contribution >= 0.6 is 0 Å². The third-order valence-electron chi connectivity index (χ3n) is 3.78. The highest BCUT2D eigenvalue weighted by Crippen LogP contribution is 2.08. The summed E-state index contributed by atoms with van der Waals surface area (Å²) < 4.78 is 1.46. The number of benzene rings is 2. The number of aryl methyl sites for hydroxylation is 1. The maximum absolute atomic E-state index is 12.1. The fraction of sp³-hybridized carbons (Fsp3) is 0.111. The number of amides is 2. The molecule has 0 atom stereocenters. The van der Waals surface area contributed by atoms with Crippen molar-refractivity contribution >= 4 is 11.8 Å². The molecule has 0 saturated carbocycles. The molecule has 0 radical (unpaired) electrons. The Balaban J connectivity index is 1.46. The van der Waals surface area contributed by atoms with Crippen LogP contribution in [0.25, 0.3) is 5.69 Å². The fourth-order valence-corrected chi connectivity index (χ4v) is 2.31. The molecule has 3 rings (SSSR count). The van der Waals surface area contributed by atoms with Gasteiger partial charge < -0.3 is 0 Å². The molecule has 9 heteroatoms. The molecule has 0 unspecified atom stereocenters. The van der Waals surface area contributed by atoms with Crippen LogP contribution in [0.15, 0.2) is 54.9 Å².